The van der Waals surface area contributed by atoms with Crippen LogP contribution >= 0.6 is 0 Å². The molecule has 1 aromatic rings. The second kappa shape index (κ2) is 6.20. The molecule has 0 saturated heterocycles. The third-order valence-electron chi connectivity index (χ3n) is 4.88. The van der Waals surface area contributed by atoms with Crippen LogP contribution in [0.2, 0.25) is 0 Å². The minimum atomic E-state index is 0.564. The van der Waals surface area contributed by atoms with Gasteiger partial charge in [0.25, 0.3) is 0 Å². The third kappa shape index (κ3) is 3.30. The highest BCUT2D eigenvalue weighted by Crippen LogP contribution is 2.40. The van der Waals surface area contributed by atoms with Crippen molar-refractivity contribution in [1.29, 1.82) is 0 Å². The number of nitrogens with zero attached hydrogens (tertiary/aromatic N) is 2. The Hall–Kier alpha value is -1.32. The first-order chi connectivity index (χ1) is 10.2. The standard InChI is InChI=1S/C17H28N4/c1-4-18-15-12(3)16(21-17(20-15)13-9-10-13)19-14-8-6-5-7-11(14)2/h11,13-14H,4-10H2,1-3H3,(H2,18,19,20,21). The van der Waals surface area contributed by atoms with Crippen molar-refractivity contribution in [3.8, 4) is 0 Å². The molecule has 0 spiro atoms. The van der Waals surface area contributed by atoms with Crippen LogP contribution in [-0.2, 0) is 0 Å². The maximum absolute atomic E-state index is 4.84. The molecule has 0 bridgehead atoms. The van der Waals surface area contributed by atoms with Gasteiger partial charge in [-0.15, -0.1) is 0 Å². The Kier molecular flexibility index (Phi) is 4.32. The average molecular weight is 288 g/mol. The van der Waals surface area contributed by atoms with Crippen molar-refractivity contribution in [3.63, 3.8) is 0 Å². The molecule has 0 aliphatic heterocycles. The van der Waals surface area contributed by atoms with Gasteiger partial charge in [0.05, 0.1) is 0 Å². The van der Waals surface area contributed by atoms with Crippen LogP contribution in [0, 0.1) is 12.8 Å². The van der Waals surface area contributed by atoms with Crippen LogP contribution in [0.3, 0.4) is 0 Å². The molecule has 2 N–H and O–H groups in total. The number of hydrogen-bond donors (Lipinski definition) is 2. The number of nitrogens with one attached hydrogen (secondary N) is 2. The number of anilines is 2. The lowest BCUT2D eigenvalue weighted by molar-refractivity contribution is 0.349. The van der Waals surface area contributed by atoms with Gasteiger partial charge in [0.1, 0.15) is 17.5 Å². The molecule has 4 heteroatoms. The van der Waals surface area contributed by atoms with E-state index in [-0.39, 0.29) is 0 Å². The Balaban J connectivity index is 1.84. The van der Waals surface area contributed by atoms with E-state index in [1.807, 2.05) is 0 Å². The van der Waals surface area contributed by atoms with E-state index in [9.17, 15) is 0 Å². The van der Waals surface area contributed by atoms with Crippen LogP contribution < -0.4 is 10.6 Å². The molecule has 2 fully saturated rings. The van der Waals surface area contributed by atoms with Crippen LogP contribution in [0.1, 0.15) is 69.7 Å². The monoisotopic (exact) mass is 288 g/mol. The summed E-state index contributed by atoms with van der Waals surface area (Å²) in [6, 6.07) is 0.564. The first-order valence-corrected chi connectivity index (χ1v) is 8.58. The van der Waals surface area contributed by atoms with Gasteiger partial charge in [-0.2, -0.15) is 0 Å². The third-order valence-corrected chi connectivity index (χ3v) is 4.88. The quantitative estimate of drug-likeness (QED) is 0.857. The Morgan fingerprint density at radius 2 is 1.76 bits per heavy atom. The fraction of sp³-hybridized carbons (Fsp3) is 0.765. The summed E-state index contributed by atoms with van der Waals surface area (Å²) in [4.78, 5) is 9.58. The van der Waals surface area contributed by atoms with Gasteiger partial charge in [-0.05, 0) is 45.4 Å². The maximum atomic E-state index is 4.84. The fourth-order valence-electron chi connectivity index (χ4n) is 3.24. The fourth-order valence-corrected chi connectivity index (χ4v) is 3.24. The normalized spacial score (nSPS) is 25.7. The molecule has 0 amide bonds. The second-order valence-corrected chi connectivity index (χ2v) is 6.72. The summed E-state index contributed by atoms with van der Waals surface area (Å²) in [6.07, 6.45) is 7.79. The molecule has 21 heavy (non-hydrogen) atoms. The molecular weight excluding hydrogens is 260 g/mol. The van der Waals surface area contributed by atoms with Crippen LogP contribution in [-0.4, -0.2) is 22.6 Å². The predicted octanol–water partition coefficient (Wildman–Crippen LogP) is 4.08. The Morgan fingerprint density at radius 3 is 2.43 bits per heavy atom. The Bertz CT molecular complexity index is 496. The van der Waals surface area contributed by atoms with Crippen LogP contribution in [0.25, 0.3) is 0 Å². The van der Waals surface area contributed by atoms with Crippen LogP contribution in [0.4, 0.5) is 11.6 Å². The summed E-state index contributed by atoms with van der Waals surface area (Å²) in [7, 11) is 0. The lowest BCUT2D eigenvalue weighted by Gasteiger charge is -2.30. The lowest BCUT2D eigenvalue weighted by Crippen LogP contribution is -2.31. The van der Waals surface area contributed by atoms with Gasteiger partial charge < -0.3 is 10.6 Å². The highest BCUT2D eigenvalue weighted by Gasteiger charge is 2.29. The summed E-state index contributed by atoms with van der Waals surface area (Å²) in [5, 5.41) is 7.13. The van der Waals surface area contributed by atoms with E-state index in [2.05, 4.69) is 31.4 Å². The first kappa shape index (κ1) is 14.6. The van der Waals surface area contributed by atoms with E-state index in [1.54, 1.807) is 0 Å². The molecule has 3 rings (SSSR count). The molecule has 2 aliphatic rings. The van der Waals surface area contributed by atoms with Crippen molar-refractivity contribution in [2.45, 2.75) is 71.3 Å². The average Bonchev–Trinajstić information content (AvgIpc) is 3.30. The zero-order chi connectivity index (χ0) is 14.8. The smallest absolute Gasteiger partial charge is 0.136 e. The van der Waals surface area contributed by atoms with Gasteiger partial charge >= 0.3 is 0 Å². The van der Waals surface area contributed by atoms with Crippen LogP contribution in [0.15, 0.2) is 0 Å². The SMILES string of the molecule is CCNc1nc(C2CC2)nc(NC2CCCCC2C)c1C. The zero-order valence-corrected chi connectivity index (χ0v) is 13.6. The van der Waals surface area contributed by atoms with Crippen LogP contribution in [0.5, 0.6) is 0 Å². The first-order valence-electron chi connectivity index (χ1n) is 8.58. The molecule has 0 radical (unpaired) electrons. The van der Waals surface area contributed by atoms with E-state index >= 15 is 0 Å². The number of hydrogen-bond acceptors (Lipinski definition) is 4. The van der Waals surface area contributed by atoms with E-state index < -0.39 is 0 Å². The van der Waals surface area contributed by atoms with Gasteiger partial charge in [-0.3, -0.25) is 0 Å². The number of aromatic nitrogens is 2. The highest BCUT2D eigenvalue weighted by atomic mass is 15.1. The minimum absolute atomic E-state index is 0.564. The highest BCUT2D eigenvalue weighted by molar-refractivity contribution is 5.58. The number of rotatable bonds is 5. The van der Waals surface area contributed by atoms with Crippen molar-refractivity contribution in [2.24, 2.45) is 5.92 Å². The van der Waals surface area contributed by atoms with Gasteiger partial charge in [0, 0.05) is 24.1 Å². The van der Waals surface area contributed by atoms with E-state index in [0.29, 0.717) is 12.0 Å². The molecule has 0 aromatic carbocycles. The van der Waals surface area contributed by atoms with Gasteiger partial charge in [-0.25, -0.2) is 9.97 Å². The second-order valence-electron chi connectivity index (χ2n) is 6.72. The molecule has 1 heterocycles. The van der Waals surface area contributed by atoms with E-state index in [0.717, 1.165) is 29.9 Å². The molecular formula is C17H28N4. The summed E-state index contributed by atoms with van der Waals surface area (Å²) < 4.78 is 0. The summed E-state index contributed by atoms with van der Waals surface area (Å²) in [6.45, 7) is 7.51. The molecule has 2 aliphatic carbocycles. The maximum Gasteiger partial charge on any atom is 0.136 e. The lowest BCUT2D eigenvalue weighted by atomic mass is 9.86. The van der Waals surface area contributed by atoms with Crippen molar-refractivity contribution in [3.05, 3.63) is 11.4 Å². The Labute approximate surface area is 128 Å². The summed E-state index contributed by atoms with van der Waals surface area (Å²) in [5.74, 6) is 4.43. The molecule has 2 saturated carbocycles. The van der Waals surface area contributed by atoms with Gasteiger partial charge in [-0.1, -0.05) is 19.8 Å². The molecule has 4 nitrogen and oxygen atoms in total. The molecule has 2 unspecified atom stereocenters. The molecule has 2 atom stereocenters. The predicted molar refractivity (Wildman–Crippen MR) is 88.0 cm³/mol. The topological polar surface area (TPSA) is 49.8 Å². The van der Waals surface area contributed by atoms with Crippen molar-refractivity contribution >= 4 is 11.6 Å². The Morgan fingerprint density at radius 1 is 1.05 bits per heavy atom. The molecule has 1 aromatic heterocycles. The van der Waals surface area contributed by atoms with Crippen molar-refractivity contribution in [1.82, 2.24) is 9.97 Å². The summed E-state index contributed by atoms with van der Waals surface area (Å²) >= 11 is 0. The van der Waals surface area contributed by atoms with Crippen molar-refractivity contribution in [2.75, 3.05) is 17.2 Å². The largest absolute Gasteiger partial charge is 0.370 e. The van der Waals surface area contributed by atoms with E-state index in [4.69, 9.17) is 9.97 Å². The minimum Gasteiger partial charge on any atom is -0.370 e. The van der Waals surface area contributed by atoms with Crippen molar-refractivity contribution < 1.29 is 0 Å². The van der Waals surface area contributed by atoms with E-state index in [1.165, 1.54) is 44.1 Å². The molecule has 116 valence electrons. The van der Waals surface area contributed by atoms with Gasteiger partial charge in [0.2, 0.25) is 0 Å². The van der Waals surface area contributed by atoms with Gasteiger partial charge in [0.15, 0.2) is 0 Å². The zero-order valence-electron chi connectivity index (χ0n) is 13.6. The summed E-state index contributed by atoms with van der Waals surface area (Å²) in [5.41, 5.74) is 1.17.